The van der Waals surface area contributed by atoms with E-state index in [0.717, 1.165) is 6.04 Å². The summed E-state index contributed by atoms with van der Waals surface area (Å²) in [6.45, 7) is 3.53. The molecule has 1 radical (unpaired) electrons. The first-order valence-corrected chi connectivity index (χ1v) is 3.29. The van der Waals surface area contributed by atoms with Crippen molar-refractivity contribution in [2.45, 2.75) is 26.7 Å². The van der Waals surface area contributed by atoms with Crippen molar-refractivity contribution in [1.82, 2.24) is 4.90 Å². The van der Waals surface area contributed by atoms with Gasteiger partial charge >= 0.3 is 0 Å². The maximum Gasteiger partial charge on any atom is 0.230 e. The molecule has 3 heteroatoms. The molecule has 0 unspecified atom stereocenters. The van der Waals surface area contributed by atoms with Crippen LogP contribution >= 0.6 is 0 Å². The number of hydrogen-bond acceptors (Lipinski definition) is 2. The van der Waals surface area contributed by atoms with Gasteiger partial charge in [-0.25, -0.2) is 0 Å². The Morgan fingerprint density at radius 3 is 1.80 bits per heavy atom. The van der Waals surface area contributed by atoms with Crippen molar-refractivity contribution in [2.24, 2.45) is 0 Å². The van der Waals surface area contributed by atoms with Crippen molar-refractivity contribution in [3.63, 3.8) is 0 Å². The van der Waals surface area contributed by atoms with Gasteiger partial charge in [0.05, 0.1) is 6.04 Å². The van der Waals surface area contributed by atoms with Gasteiger partial charge in [-0.3, -0.25) is 14.5 Å². The molecule has 0 aliphatic carbocycles. The largest absolute Gasteiger partial charge is 0.275 e. The van der Waals surface area contributed by atoms with Gasteiger partial charge in [0.1, 0.15) is 0 Å². The molecule has 1 fully saturated rings. The number of carbonyl (C=O) groups excluding carboxylic acids is 2. The molecule has 0 aromatic rings. The normalized spacial score (nSPS) is 19.3. The lowest BCUT2D eigenvalue weighted by atomic mass is 10.3. The fourth-order valence-corrected chi connectivity index (χ4v) is 1.08. The molecular weight excluding hydrogens is 130 g/mol. The number of carbonyl (C=O) groups is 2. The van der Waals surface area contributed by atoms with Gasteiger partial charge in [0, 0.05) is 12.8 Å². The Balaban J connectivity index is 2.72. The van der Waals surface area contributed by atoms with E-state index in [4.69, 9.17) is 0 Å². The van der Waals surface area contributed by atoms with E-state index in [0.29, 0.717) is 12.8 Å². The Kier molecular flexibility index (Phi) is 1.74. The van der Waals surface area contributed by atoms with Crippen molar-refractivity contribution in [1.29, 1.82) is 0 Å². The summed E-state index contributed by atoms with van der Waals surface area (Å²) in [5.41, 5.74) is 0. The quantitative estimate of drug-likeness (QED) is 0.503. The fourth-order valence-electron chi connectivity index (χ4n) is 1.08. The van der Waals surface area contributed by atoms with Crippen LogP contribution in [0, 0.1) is 6.04 Å². The highest BCUT2D eigenvalue weighted by molar-refractivity contribution is 6.03. The topological polar surface area (TPSA) is 37.4 Å². The molecule has 0 spiro atoms. The second kappa shape index (κ2) is 2.40. The second-order valence-electron chi connectivity index (χ2n) is 2.57. The van der Waals surface area contributed by atoms with Crippen molar-refractivity contribution in [3.8, 4) is 0 Å². The predicted octanol–water partition coefficient (Wildman–Crippen LogP) is 0.707. The Bertz CT molecular complexity index is 158. The molecular formula is C7H10NO2. The molecule has 0 aromatic carbocycles. The average Bonchev–Trinajstić information content (AvgIpc) is 2.11. The molecule has 1 heterocycles. The monoisotopic (exact) mass is 140 g/mol. The molecule has 0 N–H and O–H groups in total. The summed E-state index contributed by atoms with van der Waals surface area (Å²) in [7, 11) is 0. The molecule has 0 bridgehead atoms. The van der Waals surface area contributed by atoms with Crippen LogP contribution in [0.1, 0.15) is 26.7 Å². The Morgan fingerprint density at radius 1 is 1.20 bits per heavy atom. The van der Waals surface area contributed by atoms with Gasteiger partial charge in [0.2, 0.25) is 11.8 Å². The third-order valence-corrected chi connectivity index (χ3v) is 1.50. The lowest BCUT2D eigenvalue weighted by Crippen LogP contribution is -2.30. The molecule has 0 saturated carbocycles. The van der Waals surface area contributed by atoms with Crippen LogP contribution in [0.15, 0.2) is 0 Å². The van der Waals surface area contributed by atoms with Gasteiger partial charge in [-0.2, -0.15) is 0 Å². The predicted molar refractivity (Wildman–Crippen MR) is 35.7 cm³/mol. The van der Waals surface area contributed by atoms with Gasteiger partial charge in [0.15, 0.2) is 0 Å². The Morgan fingerprint density at radius 2 is 1.60 bits per heavy atom. The van der Waals surface area contributed by atoms with Gasteiger partial charge in [-0.15, -0.1) is 0 Å². The first kappa shape index (κ1) is 7.25. The summed E-state index contributed by atoms with van der Waals surface area (Å²) in [6.07, 6.45) is 0.758. The SMILES string of the molecule is C[C](C)N1C(=O)CCC1=O. The summed E-state index contributed by atoms with van der Waals surface area (Å²) in [4.78, 5) is 23.1. The Labute approximate surface area is 60.0 Å². The fraction of sp³-hybridized carbons (Fsp3) is 0.571. The molecule has 1 rings (SSSR count). The maximum atomic E-state index is 10.9. The summed E-state index contributed by atoms with van der Waals surface area (Å²) < 4.78 is 0. The molecule has 2 amide bonds. The zero-order valence-electron chi connectivity index (χ0n) is 6.18. The highest BCUT2D eigenvalue weighted by Gasteiger charge is 2.30. The lowest BCUT2D eigenvalue weighted by Gasteiger charge is -2.16. The zero-order chi connectivity index (χ0) is 7.72. The first-order chi connectivity index (χ1) is 4.63. The minimum atomic E-state index is -0.0648. The van der Waals surface area contributed by atoms with E-state index in [2.05, 4.69) is 0 Å². The van der Waals surface area contributed by atoms with Gasteiger partial charge in [-0.05, 0) is 13.8 Å². The van der Waals surface area contributed by atoms with E-state index in [1.165, 1.54) is 4.90 Å². The van der Waals surface area contributed by atoms with Crippen molar-refractivity contribution in [3.05, 3.63) is 6.04 Å². The molecule has 10 heavy (non-hydrogen) atoms. The number of imide groups is 1. The minimum absolute atomic E-state index is 0.0648. The maximum absolute atomic E-state index is 10.9. The number of nitrogens with zero attached hydrogens (tertiary/aromatic N) is 1. The van der Waals surface area contributed by atoms with Gasteiger partial charge in [0.25, 0.3) is 0 Å². The first-order valence-electron chi connectivity index (χ1n) is 3.29. The highest BCUT2D eigenvalue weighted by atomic mass is 16.2. The third kappa shape index (κ3) is 1.03. The number of amides is 2. The van der Waals surface area contributed by atoms with E-state index in [1.54, 1.807) is 13.8 Å². The zero-order valence-corrected chi connectivity index (χ0v) is 6.18. The molecule has 3 nitrogen and oxygen atoms in total. The van der Waals surface area contributed by atoms with Crippen LogP contribution in [0.4, 0.5) is 0 Å². The Hall–Kier alpha value is -0.860. The van der Waals surface area contributed by atoms with Crippen LogP contribution in [0.25, 0.3) is 0 Å². The summed E-state index contributed by atoms with van der Waals surface area (Å²) >= 11 is 0. The summed E-state index contributed by atoms with van der Waals surface area (Å²) in [5.74, 6) is -0.130. The van der Waals surface area contributed by atoms with Crippen LogP contribution < -0.4 is 0 Å². The smallest absolute Gasteiger partial charge is 0.230 e. The summed E-state index contributed by atoms with van der Waals surface area (Å²) in [5, 5.41) is 0. The molecule has 1 aliphatic heterocycles. The van der Waals surface area contributed by atoms with Crippen molar-refractivity contribution in [2.75, 3.05) is 0 Å². The minimum Gasteiger partial charge on any atom is -0.275 e. The van der Waals surface area contributed by atoms with E-state index >= 15 is 0 Å². The lowest BCUT2D eigenvalue weighted by molar-refractivity contribution is -0.137. The highest BCUT2D eigenvalue weighted by Crippen LogP contribution is 2.18. The van der Waals surface area contributed by atoms with Crippen LogP contribution in [-0.4, -0.2) is 16.7 Å². The summed E-state index contributed by atoms with van der Waals surface area (Å²) in [6, 6.07) is 0.771. The number of hydrogen-bond donors (Lipinski definition) is 0. The molecule has 0 aromatic heterocycles. The standard InChI is InChI=1S/C7H10NO2/c1-5(2)8-6(9)3-4-7(8)10/h3-4H2,1-2H3. The number of rotatable bonds is 1. The van der Waals surface area contributed by atoms with E-state index in [-0.39, 0.29) is 11.8 Å². The van der Waals surface area contributed by atoms with Crippen LogP contribution in [-0.2, 0) is 9.59 Å². The molecule has 55 valence electrons. The molecule has 1 aliphatic rings. The van der Waals surface area contributed by atoms with Gasteiger partial charge in [-0.1, -0.05) is 0 Å². The van der Waals surface area contributed by atoms with Crippen molar-refractivity contribution < 1.29 is 9.59 Å². The average molecular weight is 140 g/mol. The van der Waals surface area contributed by atoms with Crippen molar-refractivity contribution >= 4 is 11.8 Å². The van der Waals surface area contributed by atoms with E-state index < -0.39 is 0 Å². The van der Waals surface area contributed by atoms with Crippen LogP contribution in [0.5, 0.6) is 0 Å². The third-order valence-electron chi connectivity index (χ3n) is 1.50. The van der Waals surface area contributed by atoms with E-state index in [1.807, 2.05) is 0 Å². The van der Waals surface area contributed by atoms with E-state index in [9.17, 15) is 9.59 Å². The van der Waals surface area contributed by atoms with Crippen LogP contribution in [0.3, 0.4) is 0 Å². The molecule has 0 atom stereocenters. The second-order valence-corrected chi connectivity index (χ2v) is 2.57. The van der Waals surface area contributed by atoms with Gasteiger partial charge < -0.3 is 0 Å². The van der Waals surface area contributed by atoms with Crippen LogP contribution in [0.2, 0.25) is 0 Å². The molecule has 1 saturated heterocycles. The number of likely N-dealkylation sites (tertiary alicyclic amines) is 1.